The third-order valence-electron chi connectivity index (χ3n) is 5.49. The largest absolute Gasteiger partial charge is 0.305 e. The number of aromatic nitrogens is 1. The van der Waals surface area contributed by atoms with Crippen LogP contribution in [-0.2, 0) is 0 Å². The van der Waals surface area contributed by atoms with Gasteiger partial charge in [0.05, 0.1) is 11.3 Å². The summed E-state index contributed by atoms with van der Waals surface area (Å²) >= 11 is 0. The molecule has 3 aromatic carbocycles. The monoisotopic (exact) mass is 379 g/mol. The Morgan fingerprint density at radius 1 is 0.724 bits per heavy atom. The molecule has 2 nitrogen and oxygen atoms in total. The van der Waals surface area contributed by atoms with E-state index in [9.17, 15) is 4.79 Å². The molecule has 4 aromatic rings. The Morgan fingerprint density at radius 3 is 1.72 bits per heavy atom. The van der Waals surface area contributed by atoms with Crippen molar-refractivity contribution in [3.63, 3.8) is 0 Å². The minimum absolute atomic E-state index is 0.0609. The summed E-state index contributed by atoms with van der Waals surface area (Å²) in [5.41, 5.74) is 5.82. The average molecular weight is 380 g/mol. The molecule has 2 heteroatoms. The lowest BCUT2D eigenvalue weighted by Crippen LogP contribution is -2.27. The molecule has 0 saturated carbocycles. The maximum atomic E-state index is 13.9. The molecule has 0 spiro atoms. The fraction of sp³-hybridized carbons (Fsp3) is 0.148. The number of rotatable bonds is 5. The van der Waals surface area contributed by atoms with E-state index in [1.807, 2.05) is 71.3 Å². The van der Waals surface area contributed by atoms with Crippen LogP contribution in [0.15, 0.2) is 102 Å². The van der Waals surface area contributed by atoms with Crippen LogP contribution >= 0.6 is 0 Å². The Labute approximate surface area is 172 Å². The molecule has 4 rings (SSSR count). The van der Waals surface area contributed by atoms with Crippen LogP contribution in [0.4, 0.5) is 0 Å². The number of benzene rings is 3. The molecular formula is C27H25NO. The third kappa shape index (κ3) is 3.66. The summed E-state index contributed by atoms with van der Waals surface area (Å²) in [7, 11) is 0. The minimum Gasteiger partial charge on any atom is -0.305 e. The smallest absolute Gasteiger partial charge is 0.259 e. The van der Waals surface area contributed by atoms with Gasteiger partial charge in [-0.2, -0.15) is 0 Å². The van der Waals surface area contributed by atoms with E-state index in [2.05, 4.69) is 44.2 Å². The quantitative estimate of drug-likeness (QED) is 0.373. The molecule has 0 aliphatic heterocycles. The second-order valence-corrected chi connectivity index (χ2v) is 7.35. The van der Waals surface area contributed by atoms with Gasteiger partial charge in [-0.25, -0.2) is 0 Å². The topological polar surface area (TPSA) is 22.0 Å². The van der Waals surface area contributed by atoms with Crippen LogP contribution in [0, 0.1) is 0 Å². The van der Waals surface area contributed by atoms with Gasteiger partial charge in [0.25, 0.3) is 5.56 Å². The molecule has 0 aliphatic carbocycles. The van der Waals surface area contributed by atoms with Gasteiger partial charge in [-0.15, -0.1) is 0 Å². The van der Waals surface area contributed by atoms with Crippen molar-refractivity contribution in [2.75, 3.05) is 0 Å². The lowest BCUT2D eigenvalue weighted by Gasteiger charge is -2.23. The minimum atomic E-state index is 0.0609. The average Bonchev–Trinajstić information content (AvgIpc) is 2.79. The summed E-state index contributed by atoms with van der Waals surface area (Å²) in [5, 5.41) is 0. The zero-order valence-corrected chi connectivity index (χ0v) is 16.9. The second-order valence-electron chi connectivity index (χ2n) is 7.35. The Balaban J connectivity index is 2.12. The molecule has 0 radical (unpaired) electrons. The summed E-state index contributed by atoms with van der Waals surface area (Å²) in [6.07, 6.45) is 0.888. The molecule has 0 N–H and O–H groups in total. The van der Waals surface area contributed by atoms with Gasteiger partial charge in [0, 0.05) is 6.04 Å². The predicted molar refractivity (Wildman–Crippen MR) is 122 cm³/mol. The number of nitrogens with zero attached hydrogens (tertiary/aromatic N) is 1. The molecule has 0 amide bonds. The Bertz CT molecular complexity index is 1150. The molecule has 144 valence electrons. The van der Waals surface area contributed by atoms with Crippen molar-refractivity contribution in [2.24, 2.45) is 0 Å². The Morgan fingerprint density at radius 2 is 1.21 bits per heavy atom. The zero-order valence-electron chi connectivity index (χ0n) is 16.9. The molecule has 1 atom stereocenters. The van der Waals surface area contributed by atoms with Gasteiger partial charge in [-0.3, -0.25) is 4.79 Å². The first-order valence-corrected chi connectivity index (χ1v) is 10.2. The fourth-order valence-electron chi connectivity index (χ4n) is 3.80. The maximum absolute atomic E-state index is 13.9. The highest BCUT2D eigenvalue weighted by Gasteiger charge is 2.20. The van der Waals surface area contributed by atoms with E-state index in [1.165, 1.54) is 0 Å². The first-order chi connectivity index (χ1) is 14.2. The number of pyridine rings is 1. The van der Waals surface area contributed by atoms with Gasteiger partial charge in [0.2, 0.25) is 0 Å². The van der Waals surface area contributed by atoms with E-state index in [0.29, 0.717) is 0 Å². The van der Waals surface area contributed by atoms with Crippen LogP contribution in [0.3, 0.4) is 0 Å². The SMILES string of the molecule is CCC(C)n1c(-c2ccccc2)cc(-c2ccccc2)c(-c2ccccc2)c1=O. The third-order valence-corrected chi connectivity index (χ3v) is 5.49. The molecule has 0 bridgehead atoms. The normalized spacial score (nSPS) is 11.9. The molecule has 1 aromatic heterocycles. The van der Waals surface area contributed by atoms with Gasteiger partial charge in [0.1, 0.15) is 0 Å². The fourth-order valence-corrected chi connectivity index (χ4v) is 3.80. The second kappa shape index (κ2) is 8.32. The van der Waals surface area contributed by atoms with Crippen molar-refractivity contribution in [1.82, 2.24) is 4.57 Å². The molecular weight excluding hydrogens is 354 g/mol. The first kappa shape index (κ1) is 18.9. The van der Waals surface area contributed by atoms with Crippen molar-refractivity contribution >= 4 is 0 Å². The van der Waals surface area contributed by atoms with E-state index in [4.69, 9.17) is 0 Å². The zero-order chi connectivity index (χ0) is 20.2. The number of hydrogen-bond donors (Lipinski definition) is 0. The van der Waals surface area contributed by atoms with Gasteiger partial charge >= 0.3 is 0 Å². The summed E-state index contributed by atoms with van der Waals surface area (Å²) in [6.45, 7) is 4.24. The van der Waals surface area contributed by atoms with Gasteiger partial charge < -0.3 is 4.57 Å². The van der Waals surface area contributed by atoms with Crippen LogP contribution in [0.5, 0.6) is 0 Å². The van der Waals surface area contributed by atoms with Crippen molar-refractivity contribution in [3.05, 3.63) is 107 Å². The van der Waals surface area contributed by atoms with Crippen LogP contribution in [0.2, 0.25) is 0 Å². The van der Waals surface area contributed by atoms with Crippen molar-refractivity contribution in [1.29, 1.82) is 0 Å². The highest BCUT2D eigenvalue weighted by Crippen LogP contribution is 2.34. The lowest BCUT2D eigenvalue weighted by atomic mass is 9.93. The molecule has 29 heavy (non-hydrogen) atoms. The Kier molecular flexibility index (Phi) is 5.44. The maximum Gasteiger partial charge on any atom is 0.259 e. The summed E-state index contributed by atoms with van der Waals surface area (Å²) in [4.78, 5) is 13.9. The summed E-state index contributed by atoms with van der Waals surface area (Å²) in [6, 6.07) is 32.7. The van der Waals surface area contributed by atoms with Gasteiger partial charge in [-0.1, -0.05) is 97.9 Å². The summed E-state index contributed by atoms with van der Waals surface area (Å²) in [5.74, 6) is 0. The van der Waals surface area contributed by atoms with Crippen molar-refractivity contribution < 1.29 is 0 Å². The highest BCUT2D eigenvalue weighted by atomic mass is 16.1. The highest BCUT2D eigenvalue weighted by molar-refractivity contribution is 5.85. The Hall–Kier alpha value is -3.39. The van der Waals surface area contributed by atoms with Crippen LogP contribution in [0.25, 0.3) is 33.5 Å². The number of hydrogen-bond acceptors (Lipinski definition) is 1. The van der Waals surface area contributed by atoms with E-state index in [1.54, 1.807) is 0 Å². The lowest BCUT2D eigenvalue weighted by molar-refractivity contribution is 0.521. The van der Waals surface area contributed by atoms with Crippen LogP contribution in [0.1, 0.15) is 26.3 Å². The van der Waals surface area contributed by atoms with E-state index >= 15 is 0 Å². The molecule has 1 unspecified atom stereocenters. The first-order valence-electron chi connectivity index (χ1n) is 10.2. The van der Waals surface area contributed by atoms with E-state index in [-0.39, 0.29) is 11.6 Å². The van der Waals surface area contributed by atoms with Crippen LogP contribution in [-0.4, -0.2) is 4.57 Å². The van der Waals surface area contributed by atoms with Gasteiger partial charge in [-0.05, 0) is 41.7 Å². The predicted octanol–water partition coefficient (Wildman–Crippen LogP) is 6.82. The van der Waals surface area contributed by atoms with Crippen molar-refractivity contribution in [3.8, 4) is 33.5 Å². The standard InChI is InChI=1S/C27H25NO/c1-3-20(2)28-25(22-15-9-5-10-16-22)19-24(21-13-7-4-8-14-21)26(27(28)29)23-17-11-6-12-18-23/h4-20H,3H2,1-2H3. The molecule has 1 heterocycles. The molecule has 0 saturated heterocycles. The molecule has 0 aliphatic rings. The van der Waals surface area contributed by atoms with E-state index in [0.717, 1.165) is 39.9 Å². The van der Waals surface area contributed by atoms with Crippen molar-refractivity contribution in [2.45, 2.75) is 26.3 Å². The van der Waals surface area contributed by atoms with Gasteiger partial charge in [0.15, 0.2) is 0 Å². The van der Waals surface area contributed by atoms with Crippen LogP contribution < -0.4 is 5.56 Å². The molecule has 0 fully saturated rings. The summed E-state index contributed by atoms with van der Waals surface area (Å²) < 4.78 is 1.96. The van der Waals surface area contributed by atoms with E-state index < -0.39 is 0 Å².